The highest BCUT2D eigenvalue weighted by molar-refractivity contribution is 7.92. The highest BCUT2D eigenvalue weighted by atomic mass is 32.2. The van der Waals surface area contributed by atoms with Crippen LogP contribution in [0.2, 0.25) is 0 Å². The molecule has 0 amide bonds. The fraction of sp³-hybridized carbons (Fsp3) is 0.294. The van der Waals surface area contributed by atoms with Gasteiger partial charge in [-0.25, -0.2) is 8.42 Å². The normalized spacial score (nSPS) is 17.4. The summed E-state index contributed by atoms with van der Waals surface area (Å²) in [4.78, 5) is 0.291. The molecule has 0 N–H and O–H groups in total. The average molecular weight is 317 g/mol. The van der Waals surface area contributed by atoms with E-state index in [-0.39, 0.29) is 6.04 Å². The summed E-state index contributed by atoms with van der Waals surface area (Å²) in [5.74, 6) is 0.677. The molecule has 0 spiro atoms. The predicted molar refractivity (Wildman–Crippen MR) is 86.9 cm³/mol. The largest absolute Gasteiger partial charge is 0.494 e. The fourth-order valence-electron chi connectivity index (χ4n) is 2.89. The Morgan fingerprint density at radius 3 is 2.50 bits per heavy atom. The van der Waals surface area contributed by atoms with Crippen molar-refractivity contribution in [2.75, 3.05) is 10.9 Å². The third kappa shape index (κ3) is 2.46. The summed E-state index contributed by atoms with van der Waals surface area (Å²) in [6.07, 6.45) is 0.742. The van der Waals surface area contributed by atoms with Crippen LogP contribution in [-0.2, 0) is 16.4 Å². The summed E-state index contributed by atoms with van der Waals surface area (Å²) in [5, 5.41) is 0. The Kier molecular flexibility index (Phi) is 3.83. The van der Waals surface area contributed by atoms with Gasteiger partial charge in [-0.15, -0.1) is 0 Å². The molecule has 2 aromatic carbocycles. The van der Waals surface area contributed by atoms with E-state index < -0.39 is 10.0 Å². The van der Waals surface area contributed by atoms with Gasteiger partial charge in [0, 0.05) is 6.04 Å². The van der Waals surface area contributed by atoms with Crippen LogP contribution < -0.4 is 9.04 Å². The molecule has 0 aliphatic carbocycles. The zero-order valence-electron chi connectivity index (χ0n) is 12.7. The van der Waals surface area contributed by atoms with E-state index in [1.807, 2.05) is 38.1 Å². The van der Waals surface area contributed by atoms with Crippen molar-refractivity contribution in [3.05, 3.63) is 54.1 Å². The zero-order chi connectivity index (χ0) is 15.7. The van der Waals surface area contributed by atoms with E-state index in [1.165, 1.54) is 4.31 Å². The van der Waals surface area contributed by atoms with E-state index >= 15 is 0 Å². The fourth-order valence-corrected chi connectivity index (χ4v) is 4.58. The summed E-state index contributed by atoms with van der Waals surface area (Å²) in [5.41, 5.74) is 1.85. The maximum absolute atomic E-state index is 13.0. The summed E-state index contributed by atoms with van der Waals surface area (Å²) in [7, 11) is -3.56. The quantitative estimate of drug-likeness (QED) is 0.870. The molecule has 1 atom stereocenters. The highest BCUT2D eigenvalue weighted by Crippen LogP contribution is 2.36. The van der Waals surface area contributed by atoms with E-state index in [4.69, 9.17) is 4.74 Å². The first-order valence-electron chi connectivity index (χ1n) is 7.39. The van der Waals surface area contributed by atoms with Crippen molar-refractivity contribution in [2.24, 2.45) is 0 Å². The van der Waals surface area contributed by atoms with Gasteiger partial charge in [0.1, 0.15) is 5.75 Å². The number of rotatable bonds is 4. The van der Waals surface area contributed by atoms with Crippen molar-refractivity contribution in [3.8, 4) is 5.75 Å². The second-order valence-corrected chi connectivity index (χ2v) is 7.20. The lowest BCUT2D eigenvalue weighted by Gasteiger charge is -2.24. The Labute approximate surface area is 131 Å². The Hall–Kier alpha value is -2.01. The van der Waals surface area contributed by atoms with Crippen LogP contribution in [0.15, 0.2) is 53.4 Å². The predicted octanol–water partition coefficient (Wildman–Crippen LogP) is 3.23. The van der Waals surface area contributed by atoms with Gasteiger partial charge in [0.15, 0.2) is 0 Å². The van der Waals surface area contributed by atoms with Gasteiger partial charge < -0.3 is 4.74 Å². The lowest BCUT2D eigenvalue weighted by molar-refractivity contribution is 0.340. The molecule has 0 fully saturated rings. The number of sulfonamides is 1. The smallest absolute Gasteiger partial charge is 0.264 e. The van der Waals surface area contributed by atoms with Crippen molar-refractivity contribution < 1.29 is 13.2 Å². The van der Waals surface area contributed by atoms with Crippen LogP contribution in [0.25, 0.3) is 0 Å². The van der Waals surface area contributed by atoms with Gasteiger partial charge in [-0.2, -0.15) is 0 Å². The number of para-hydroxylation sites is 1. The topological polar surface area (TPSA) is 46.6 Å². The van der Waals surface area contributed by atoms with Crippen molar-refractivity contribution in [2.45, 2.75) is 31.2 Å². The first-order valence-corrected chi connectivity index (χ1v) is 8.83. The van der Waals surface area contributed by atoms with E-state index in [0.717, 1.165) is 17.7 Å². The molecular weight excluding hydrogens is 298 g/mol. The van der Waals surface area contributed by atoms with Gasteiger partial charge in [0.2, 0.25) is 0 Å². The molecule has 1 aliphatic heterocycles. The molecule has 116 valence electrons. The monoisotopic (exact) mass is 317 g/mol. The van der Waals surface area contributed by atoms with Crippen molar-refractivity contribution in [3.63, 3.8) is 0 Å². The van der Waals surface area contributed by atoms with Crippen molar-refractivity contribution >= 4 is 15.7 Å². The molecule has 22 heavy (non-hydrogen) atoms. The SMILES string of the molecule is CCOc1ccc(S(=O)(=O)N2c3ccccc3C[C@H]2C)cc1. The van der Waals surface area contributed by atoms with Crippen LogP contribution in [0, 0.1) is 0 Å². The first kappa shape index (κ1) is 14.9. The average Bonchev–Trinajstić information content (AvgIpc) is 2.84. The first-order chi connectivity index (χ1) is 10.5. The molecule has 4 nitrogen and oxygen atoms in total. The minimum atomic E-state index is -3.56. The van der Waals surface area contributed by atoms with Crippen LogP contribution in [-0.4, -0.2) is 21.1 Å². The molecule has 3 rings (SSSR count). The molecule has 0 saturated carbocycles. The summed E-state index contributed by atoms with van der Waals surface area (Å²) in [6.45, 7) is 4.39. The van der Waals surface area contributed by atoms with E-state index in [1.54, 1.807) is 24.3 Å². The van der Waals surface area contributed by atoms with Gasteiger partial charge in [0.05, 0.1) is 17.2 Å². The molecule has 5 heteroatoms. The summed E-state index contributed by atoms with van der Waals surface area (Å²) < 4.78 is 32.8. The molecule has 0 unspecified atom stereocenters. The number of ether oxygens (including phenoxy) is 1. The second kappa shape index (κ2) is 5.65. The van der Waals surface area contributed by atoms with Gasteiger partial charge in [-0.05, 0) is 56.2 Å². The Bertz CT molecular complexity index is 769. The number of hydrogen-bond donors (Lipinski definition) is 0. The second-order valence-electron chi connectivity index (χ2n) is 5.39. The summed E-state index contributed by atoms with van der Waals surface area (Å²) >= 11 is 0. The van der Waals surface area contributed by atoms with Crippen LogP contribution in [0.3, 0.4) is 0 Å². The van der Waals surface area contributed by atoms with Gasteiger partial charge in [-0.1, -0.05) is 18.2 Å². The lowest BCUT2D eigenvalue weighted by atomic mass is 10.1. The third-order valence-electron chi connectivity index (χ3n) is 3.84. The maximum Gasteiger partial charge on any atom is 0.264 e. The number of fused-ring (bicyclic) bond motifs is 1. The Morgan fingerprint density at radius 2 is 1.82 bits per heavy atom. The molecule has 1 aliphatic rings. The number of anilines is 1. The van der Waals surface area contributed by atoms with Crippen LogP contribution in [0.5, 0.6) is 5.75 Å². The van der Waals surface area contributed by atoms with Crippen LogP contribution in [0.4, 0.5) is 5.69 Å². The van der Waals surface area contributed by atoms with E-state index in [0.29, 0.717) is 17.3 Å². The molecule has 0 saturated heterocycles. The van der Waals surface area contributed by atoms with Crippen LogP contribution in [0.1, 0.15) is 19.4 Å². The molecule has 2 aromatic rings. The maximum atomic E-state index is 13.0. The van der Waals surface area contributed by atoms with Crippen molar-refractivity contribution in [1.82, 2.24) is 0 Å². The van der Waals surface area contributed by atoms with Gasteiger partial charge >= 0.3 is 0 Å². The van der Waals surface area contributed by atoms with E-state index in [2.05, 4.69) is 0 Å². The number of nitrogens with zero attached hydrogens (tertiary/aromatic N) is 1. The zero-order valence-corrected chi connectivity index (χ0v) is 13.5. The summed E-state index contributed by atoms with van der Waals surface area (Å²) in [6, 6.07) is 14.2. The van der Waals surface area contributed by atoms with Crippen molar-refractivity contribution in [1.29, 1.82) is 0 Å². The number of benzene rings is 2. The Morgan fingerprint density at radius 1 is 1.14 bits per heavy atom. The van der Waals surface area contributed by atoms with Gasteiger partial charge in [-0.3, -0.25) is 4.31 Å². The lowest BCUT2D eigenvalue weighted by Crippen LogP contribution is -2.35. The van der Waals surface area contributed by atoms with E-state index in [9.17, 15) is 8.42 Å². The standard InChI is InChI=1S/C17H19NO3S/c1-3-21-15-8-10-16(11-9-15)22(19,20)18-13(2)12-14-6-4-5-7-17(14)18/h4-11,13H,3,12H2,1-2H3/t13-/m1/s1. The molecule has 1 heterocycles. The minimum absolute atomic E-state index is 0.0750. The third-order valence-corrected chi connectivity index (χ3v) is 5.78. The molecular formula is C17H19NO3S. The minimum Gasteiger partial charge on any atom is -0.494 e. The number of hydrogen-bond acceptors (Lipinski definition) is 3. The Balaban J connectivity index is 1.99. The molecule has 0 aromatic heterocycles. The van der Waals surface area contributed by atoms with Crippen LogP contribution >= 0.6 is 0 Å². The molecule has 0 radical (unpaired) electrons. The highest BCUT2D eigenvalue weighted by Gasteiger charge is 2.35. The molecule has 0 bridgehead atoms. The van der Waals surface area contributed by atoms with Gasteiger partial charge in [0.25, 0.3) is 10.0 Å².